The van der Waals surface area contributed by atoms with Crippen molar-refractivity contribution < 1.29 is 17.7 Å². The van der Waals surface area contributed by atoms with E-state index in [0.717, 1.165) is 5.56 Å². The summed E-state index contributed by atoms with van der Waals surface area (Å²) in [6.07, 6.45) is -0.125. The maximum Gasteiger partial charge on any atom is 0.264 e. The molecule has 0 radical (unpaired) electrons. The maximum absolute atomic E-state index is 12.2. The van der Waals surface area contributed by atoms with E-state index in [1.54, 1.807) is 26.8 Å². The van der Waals surface area contributed by atoms with Crippen LogP contribution in [0.3, 0.4) is 0 Å². The van der Waals surface area contributed by atoms with Gasteiger partial charge in [-0.3, -0.25) is 4.79 Å². The lowest BCUT2D eigenvalue weighted by Crippen LogP contribution is -2.32. The Bertz CT molecular complexity index is 808. The summed E-state index contributed by atoms with van der Waals surface area (Å²) in [7, 11) is -3.96. The van der Waals surface area contributed by atoms with Crippen LogP contribution in [-0.4, -0.2) is 19.5 Å². The number of nitrogens with one attached hydrogen (secondary N) is 1. The number of aromatic nitrogens is 1. The first-order valence-electron chi connectivity index (χ1n) is 6.44. The molecule has 8 heteroatoms. The first-order valence-corrected chi connectivity index (χ1v) is 8.30. The van der Waals surface area contributed by atoms with Gasteiger partial charge >= 0.3 is 0 Å². The molecule has 2 rings (SSSR count). The molecule has 1 N–H and O–H groups in total. The molecule has 0 unspecified atom stereocenters. The van der Waals surface area contributed by atoms with Gasteiger partial charge in [0.1, 0.15) is 5.76 Å². The van der Waals surface area contributed by atoms with E-state index in [0.29, 0.717) is 22.0 Å². The van der Waals surface area contributed by atoms with Gasteiger partial charge in [-0.15, -0.1) is 0 Å². The van der Waals surface area contributed by atoms with Crippen molar-refractivity contribution in [3.8, 4) is 0 Å². The Hall–Kier alpha value is -1.86. The summed E-state index contributed by atoms with van der Waals surface area (Å²) in [5.74, 6) is -0.172. The van der Waals surface area contributed by atoms with E-state index in [4.69, 9.17) is 16.1 Å². The molecule has 1 amide bonds. The number of benzene rings is 1. The summed E-state index contributed by atoms with van der Waals surface area (Å²) in [5.41, 5.74) is 1.89. The average Bonchev–Trinajstić information content (AvgIpc) is 2.73. The number of carbonyl (C=O) groups is 1. The van der Waals surface area contributed by atoms with Gasteiger partial charge in [0.25, 0.3) is 10.0 Å². The molecule has 0 aliphatic carbocycles. The van der Waals surface area contributed by atoms with E-state index < -0.39 is 15.9 Å². The van der Waals surface area contributed by atoms with Crippen LogP contribution in [0.15, 0.2) is 27.6 Å². The van der Waals surface area contributed by atoms with Gasteiger partial charge in [0, 0.05) is 10.6 Å². The number of rotatable bonds is 4. The van der Waals surface area contributed by atoms with Crippen LogP contribution in [-0.2, 0) is 21.2 Å². The largest absolute Gasteiger partial charge is 0.361 e. The molecular formula is C14H15ClN2O4S. The van der Waals surface area contributed by atoms with Crippen molar-refractivity contribution in [3.05, 3.63) is 45.8 Å². The van der Waals surface area contributed by atoms with E-state index in [1.807, 2.05) is 4.72 Å². The van der Waals surface area contributed by atoms with Crippen molar-refractivity contribution in [1.82, 2.24) is 9.88 Å². The smallest absolute Gasteiger partial charge is 0.264 e. The quantitative estimate of drug-likeness (QED) is 0.920. The third-order valence-electron chi connectivity index (χ3n) is 3.22. The molecule has 1 aromatic heterocycles. The van der Waals surface area contributed by atoms with E-state index in [2.05, 4.69) is 5.16 Å². The van der Waals surface area contributed by atoms with Gasteiger partial charge < -0.3 is 4.52 Å². The maximum atomic E-state index is 12.2. The predicted molar refractivity (Wildman–Crippen MR) is 81.2 cm³/mol. The summed E-state index contributed by atoms with van der Waals surface area (Å²) in [5, 5.41) is 4.04. The number of halogens is 1. The predicted octanol–water partition coefficient (Wildman–Crippen LogP) is 2.30. The zero-order valence-corrected chi connectivity index (χ0v) is 13.9. The fraction of sp³-hybridized carbons (Fsp3) is 0.286. The second-order valence-electron chi connectivity index (χ2n) is 4.92. The third kappa shape index (κ3) is 3.48. The van der Waals surface area contributed by atoms with Gasteiger partial charge in [-0.2, -0.15) is 0 Å². The van der Waals surface area contributed by atoms with E-state index in [1.165, 1.54) is 12.1 Å². The van der Waals surface area contributed by atoms with Crippen molar-refractivity contribution >= 4 is 27.5 Å². The van der Waals surface area contributed by atoms with Gasteiger partial charge in [0.05, 0.1) is 17.0 Å². The van der Waals surface area contributed by atoms with E-state index in [9.17, 15) is 13.2 Å². The van der Waals surface area contributed by atoms with Crippen LogP contribution in [0.4, 0.5) is 0 Å². The van der Waals surface area contributed by atoms with E-state index in [-0.39, 0.29) is 11.3 Å². The Morgan fingerprint density at radius 3 is 2.55 bits per heavy atom. The molecule has 22 heavy (non-hydrogen) atoms. The highest BCUT2D eigenvalue weighted by molar-refractivity contribution is 7.90. The lowest BCUT2D eigenvalue weighted by molar-refractivity contribution is -0.118. The minimum Gasteiger partial charge on any atom is -0.361 e. The highest BCUT2D eigenvalue weighted by Gasteiger charge is 2.21. The highest BCUT2D eigenvalue weighted by atomic mass is 35.5. The molecule has 0 aliphatic rings. The first kappa shape index (κ1) is 16.5. The molecule has 0 saturated carbocycles. The molecule has 6 nitrogen and oxygen atoms in total. The molecule has 2 aromatic rings. The number of nitrogens with zero attached hydrogens (tertiary/aromatic N) is 1. The van der Waals surface area contributed by atoms with Gasteiger partial charge in [-0.25, -0.2) is 13.1 Å². The number of aryl methyl sites for hydroxylation is 3. The van der Waals surface area contributed by atoms with Gasteiger partial charge in [0.15, 0.2) is 0 Å². The summed E-state index contributed by atoms with van der Waals surface area (Å²) in [6, 6.07) is 4.28. The fourth-order valence-corrected chi connectivity index (χ4v) is 3.16. The number of hydrogen-bond acceptors (Lipinski definition) is 5. The van der Waals surface area contributed by atoms with Crippen LogP contribution in [0.2, 0.25) is 5.02 Å². The molecule has 0 fully saturated rings. The molecule has 118 valence electrons. The van der Waals surface area contributed by atoms with Crippen LogP contribution < -0.4 is 4.72 Å². The lowest BCUT2D eigenvalue weighted by Gasteiger charge is -2.08. The van der Waals surface area contributed by atoms with Crippen molar-refractivity contribution in [2.75, 3.05) is 0 Å². The summed E-state index contributed by atoms with van der Waals surface area (Å²) in [4.78, 5) is 11.9. The van der Waals surface area contributed by atoms with Gasteiger partial charge in [-0.1, -0.05) is 22.8 Å². The Kier molecular flexibility index (Phi) is 4.58. The Labute approximate surface area is 133 Å². The highest BCUT2D eigenvalue weighted by Crippen LogP contribution is 2.20. The number of carbonyl (C=O) groups excluding carboxylic acids is 1. The van der Waals surface area contributed by atoms with Crippen molar-refractivity contribution in [1.29, 1.82) is 0 Å². The van der Waals surface area contributed by atoms with Crippen molar-refractivity contribution in [2.45, 2.75) is 32.1 Å². The van der Waals surface area contributed by atoms with Crippen LogP contribution in [0.1, 0.15) is 22.6 Å². The zero-order valence-electron chi connectivity index (χ0n) is 12.3. The van der Waals surface area contributed by atoms with Crippen LogP contribution in [0.25, 0.3) is 0 Å². The summed E-state index contributed by atoms with van der Waals surface area (Å²) >= 11 is 5.92. The van der Waals surface area contributed by atoms with Crippen LogP contribution >= 0.6 is 11.6 Å². The topological polar surface area (TPSA) is 89.3 Å². The normalized spacial score (nSPS) is 11.5. The Morgan fingerprint density at radius 1 is 1.32 bits per heavy atom. The summed E-state index contributed by atoms with van der Waals surface area (Å²) in [6.45, 7) is 5.11. The monoisotopic (exact) mass is 342 g/mol. The fourth-order valence-electron chi connectivity index (χ4n) is 1.90. The minimum atomic E-state index is -3.96. The molecular weight excluding hydrogens is 328 g/mol. The number of hydrogen-bond donors (Lipinski definition) is 1. The van der Waals surface area contributed by atoms with Crippen LogP contribution in [0, 0.1) is 20.8 Å². The molecule has 0 saturated heterocycles. The molecule has 0 aliphatic heterocycles. The Balaban J connectivity index is 2.18. The van der Waals surface area contributed by atoms with Gasteiger partial charge in [-0.05, 0) is 38.5 Å². The first-order chi connectivity index (χ1) is 10.2. The lowest BCUT2D eigenvalue weighted by atomic mass is 10.1. The van der Waals surface area contributed by atoms with Gasteiger partial charge in [0.2, 0.25) is 5.91 Å². The summed E-state index contributed by atoms with van der Waals surface area (Å²) < 4.78 is 31.3. The molecule has 0 bridgehead atoms. The Morgan fingerprint density at radius 2 is 2.00 bits per heavy atom. The van der Waals surface area contributed by atoms with E-state index >= 15 is 0 Å². The van der Waals surface area contributed by atoms with Crippen molar-refractivity contribution in [3.63, 3.8) is 0 Å². The average molecular weight is 343 g/mol. The molecule has 0 atom stereocenters. The third-order valence-corrected chi connectivity index (χ3v) is 5.00. The van der Waals surface area contributed by atoms with Crippen LogP contribution in [0.5, 0.6) is 0 Å². The number of sulfonamides is 1. The standard InChI is InChI=1S/C14H15ClN2O4S/c1-8-4-5-11(6-13(8)15)22(19,20)17-14(18)7-12-9(2)16-21-10(12)3/h4-6H,7H2,1-3H3,(H,17,18). The zero-order chi connectivity index (χ0) is 16.5. The molecule has 1 heterocycles. The SMILES string of the molecule is Cc1ccc(S(=O)(=O)NC(=O)Cc2c(C)noc2C)cc1Cl. The second-order valence-corrected chi connectivity index (χ2v) is 7.01. The minimum absolute atomic E-state index is 0.0600. The molecule has 0 spiro atoms. The molecule has 1 aromatic carbocycles. The van der Waals surface area contributed by atoms with Crippen molar-refractivity contribution in [2.24, 2.45) is 0 Å². The number of amides is 1. The second kappa shape index (κ2) is 6.10.